The Hall–Kier alpha value is -3.38. The van der Waals surface area contributed by atoms with E-state index in [1.807, 2.05) is 6.07 Å². The lowest BCUT2D eigenvalue weighted by atomic mass is 10.2. The lowest BCUT2D eigenvalue weighted by Gasteiger charge is -2.14. The number of nitrogens with zero attached hydrogens (tertiary/aromatic N) is 3. The molecule has 0 aliphatic heterocycles. The van der Waals surface area contributed by atoms with Gasteiger partial charge >= 0.3 is 0 Å². The van der Waals surface area contributed by atoms with Crippen molar-refractivity contribution in [2.75, 3.05) is 10.5 Å². The number of anilines is 2. The zero-order valence-electron chi connectivity index (χ0n) is 13.6. The van der Waals surface area contributed by atoms with Crippen molar-refractivity contribution in [2.45, 2.75) is 11.8 Å². The average Bonchev–Trinajstić information content (AvgIpc) is 2.98. The summed E-state index contributed by atoms with van der Waals surface area (Å²) in [7, 11) is -4.03. The molecule has 0 aliphatic rings. The number of sulfonamides is 1. The van der Waals surface area contributed by atoms with Crippen LogP contribution >= 0.6 is 0 Å². The van der Waals surface area contributed by atoms with Crippen molar-refractivity contribution in [3.63, 3.8) is 0 Å². The third kappa shape index (κ3) is 3.10. The molecule has 0 atom stereocenters. The van der Waals surface area contributed by atoms with Crippen LogP contribution in [0.25, 0.3) is 5.69 Å². The van der Waals surface area contributed by atoms with Crippen LogP contribution < -0.4 is 10.5 Å². The normalized spacial score (nSPS) is 11.1. The fraction of sp³-hybridized carbons (Fsp3) is 0.0588. The number of nitrogens with one attached hydrogen (secondary N) is 1. The summed E-state index contributed by atoms with van der Waals surface area (Å²) >= 11 is 0. The van der Waals surface area contributed by atoms with Crippen molar-refractivity contribution in [1.29, 1.82) is 5.26 Å². The number of halogens is 1. The fourth-order valence-corrected chi connectivity index (χ4v) is 3.41. The van der Waals surface area contributed by atoms with Gasteiger partial charge in [-0.25, -0.2) is 17.5 Å². The Bertz CT molecular complexity index is 1130. The number of benzene rings is 2. The van der Waals surface area contributed by atoms with Gasteiger partial charge in [0.15, 0.2) is 0 Å². The molecular weight excluding hydrogens is 357 g/mol. The highest BCUT2D eigenvalue weighted by Gasteiger charge is 2.19. The highest BCUT2D eigenvalue weighted by molar-refractivity contribution is 7.92. The summed E-state index contributed by atoms with van der Waals surface area (Å²) in [6.07, 6.45) is 1.29. The SMILES string of the molecule is Cc1ccc(S(=O)(=O)Nc2ccccc2-n2ncc(C#N)c2N)cc1F. The molecule has 1 aromatic heterocycles. The Balaban J connectivity index is 2.04. The molecule has 3 rings (SSSR count). The van der Waals surface area contributed by atoms with Crippen LogP contribution in [-0.2, 0) is 10.0 Å². The number of aryl methyl sites for hydroxylation is 1. The number of hydrogen-bond acceptors (Lipinski definition) is 5. The summed E-state index contributed by atoms with van der Waals surface area (Å²) in [5, 5.41) is 13.0. The molecule has 2 aromatic carbocycles. The number of rotatable bonds is 4. The van der Waals surface area contributed by atoms with E-state index in [1.54, 1.807) is 25.1 Å². The standard InChI is InChI=1S/C17H14FN5O2S/c1-11-6-7-13(8-14(11)18)26(24,25)22-15-4-2-3-5-16(15)23-17(20)12(9-19)10-21-23/h2-8,10,22H,20H2,1H3. The van der Waals surface area contributed by atoms with Crippen molar-refractivity contribution in [3.8, 4) is 11.8 Å². The molecule has 0 bridgehead atoms. The molecular formula is C17H14FN5O2S. The van der Waals surface area contributed by atoms with E-state index >= 15 is 0 Å². The van der Waals surface area contributed by atoms with Gasteiger partial charge in [0.2, 0.25) is 0 Å². The zero-order chi connectivity index (χ0) is 18.9. The minimum atomic E-state index is -4.03. The second-order valence-corrected chi connectivity index (χ2v) is 7.18. The number of para-hydroxylation sites is 2. The maximum atomic E-state index is 13.7. The van der Waals surface area contributed by atoms with Crippen molar-refractivity contribution < 1.29 is 12.8 Å². The van der Waals surface area contributed by atoms with Crippen LogP contribution in [0.4, 0.5) is 15.9 Å². The second-order valence-electron chi connectivity index (χ2n) is 5.50. The Morgan fingerprint density at radius 2 is 2.00 bits per heavy atom. The number of aromatic nitrogens is 2. The van der Waals surface area contributed by atoms with Crippen molar-refractivity contribution in [3.05, 3.63) is 65.6 Å². The number of nitrogen functional groups attached to an aromatic ring is 1. The molecule has 0 aliphatic carbocycles. The highest BCUT2D eigenvalue weighted by atomic mass is 32.2. The Morgan fingerprint density at radius 3 is 2.65 bits per heavy atom. The van der Waals surface area contributed by atoms with Crippen molar-refractivity contribution in [1.82, 2.24) is 9.78 Å². The van der Waals surface area contributed by atoms with Crippen LogP contribution in [0.1, 0.15) is 11.1 Å². The van der Waals surface area contributed by atoms with Gasteiger partial charge in [-0.1, -0.05) is 18.2 Å². The molecule has 7 nitrogen and oxygen atoms in total. The smallest absolute Gasteiger partial charge is 0.262 e. The molecule has 26 heavy (non-hydrogen) atoms. The first-order chi connectivity index (χ1) is 12.3. The second kappa shape index (κ2) is 6.50. The van der Waals surface area contributed by atoms with E-state index in [2.05, 4.69) is 9.82 Å². The molecule has 0 radical (unpaired) electrons. The highest BCUT2D eigenvalue weighted by Crippen LogP contribution is 2.26. The Kier molecular flexibility index (Phi) is 4.36. The van der Waals surface area contributed by atoms with E-state index in [1.165, 1.54) is 29.1 Å². The monoisotopic (exact) mass is 371 g/mol. The quantitative estimate of drug-likeness (QED) is 0.732. The van der Waals surface area contributed by atoms with E-state index in [0.29, 0.717) is 11.3 Å². The third-order valence-electron chi connectivity index (χ3n) is 3.76. The first-order valence-electron chi connectivity index (χ1n) is 7.45. The van der Waals surface area contributed by atoms with Crippen LogP contribution in [0.5, 0.6) is 0 Å². The minimum Gasteiger partial charge on any atom is -0.382 e. The largest absolute Gasteiger partial charge is 0.382 e. The van der Waals surface area contributed by atoms with E-state index in [4.69, 9.17) is 11.0 Å². The van der Waals surface area contributed by atoms with Gasteiger partial charge in [0.25, 0.3) is 10.0 Å². The lowest BCUT2D eigenvalue weighted by molar-refractivity contribution is 0.593. The van der Waals surface area contributed by atoms with Gasteiger partial charge in [-0.2, -0.15) is 10.4 Å². The third-order valence-corrected chi connectivity index (χ3v) is 5.12. The molecule has 0 spiro atoms. The molecule has 0 fully saturated rings. The average molecular weight is 371 g/mol. The molecule has 0 saturated carbocycles. The predicted molar refractivity (Wildman–Crippen MR) is 94.6 cm³/mol. The van der Waals surface area contributed by atoms with Crippen LogP contribution in [0.2, 0.25) is 0 Å². The molecule has 0 saturated heterocycles. The van der Waals surface area contributed by atoms with E-state index in [9.17, 15) is 12.8 Å². The number of nitriles is 1. The first-order valence-corrected chi connectivity index (χ1v) is 8.94. The van der Waals surface area contributed by atoms with Crippen LogP contribution in [-0.4, -0.2) is 18.2 Å². The summed E-state index contributed by atoms with van der Waals surface area (Å²) < 4.78 is 42.6. The molecule has 9 heteroatoms. The van der Waals surface area contributed by atoms with Crippen LogP contribution in [0.15, 0.2) is 53.6 Å². The van der Waals surface area contributed by atoms with Gasteiger partial charge in [-0.05, 0) is 36.8 Å². The van der Waals surface area contributed by atoms with Gasteiger partial charge in [0.05, 0.1) is 22.5 Å². The zero-order valence-corrected chi connectivity index (χ0v) is 14.5. The molecule has 1 heterocycles. The van der Waals surface area contributed by atoms with Gasteiger partial charge < -0.3 is 5.73 Å². The number of hydrogen-bond donors (Lipinski definition) is 2. The van der Waals surface area contributed by atoms with E-state index < -0.39 is 15.8 Å². The van der Waals surface area contributed by atoms with Gasteiger partial charge in [0.1, 0.15) is 23.3 Å². The van der Waals surface area contributed by atoms with E-state index in [0.717, 1.165) is 6.07 Å². The predicted octanol–water partition coefficient (Wildman–Crippen LogP) is 2.57. The maximum absolute atomic E-state index is 13.7. The summed E-state index contributed by atoms with van der Waals surface area (Å²) in [5.74, 6) is -0.531. The molecule has 0 amide bonds. The maximum Gasteiger partial charge on any atom is 0.262 e. The van der Waals surface area contributed by atoms with Crippen molar-refractivity contribution in [2.24, 2.45) is 0 Å². The summed E-state index contributed by atoms with van der Waals surface area (Å²) in [6.45, 7) is 1.54. The van der Waals surface area contributed by atoms with Crippen LogP contribution in [0, 0.1) is 24.1 Å². The van der Waals surface area contributed by atoms with Crippen molar-refractivity contribution >= 4 is 21.5 Å². The van der Waals surface area contributed by atoms with Gasteiger partial charge in [0, 0.05) is 0 Å². The summed E-state index contributed by atoms with van der Waals surface area (Å²) in [5.41, 5.74) is 6.92. The lowest BCUT2D eigenvalue weighted by Crippen LogP contribution is -2.15. The topological polar surface area (TPSA) is 114 Å². The number of nitrogens with two attached hydrogens (primary N) is 1. The fourth-order valence-electron chi connectivity index (χ4n) is 2.33. The summed E-state index contributed by atoms with van der Waals surface area (Å²) in [4.78, 5) is -0.207. The van der Waals surface area contributed by atoms with Gasteiger partial charge in [-0.3, -0.25) is 4.72 Å². The first kappa shape index (κ1) is 17.4. The Morgan fingerprint density at radius 1 is 1.27 bits per heavy atom. The molecule has 0 unspecified atom stereocenters. The Labute approximate surface area is 149 Å². The molecule has 132 valence electrons. The van der Waals surface area contributed by atoms with Gasteiger partial charge in [-0.15, -0.1) is 0 Å². The summed E-state index contributed by atoms with van der Waals surface area (Å²) in [6, 6.07) is 12.0. The van der Waals surface area contributed by atoms with Crippen LogP contribution in [0.3, 0.4) is 0 Å². The van der Waals surface area contributed by atoms with E-state index in [-0.39, 0.29) is 22.0 Å². The minimum absolute atomic E-state index is 0.0838. The molecule has 3 N–H and O–H groups in total. The molecule has 3 aromatic rings.